The Morgan fingerprint density at radius 3 is 2.28 bits per heavy atom. The maximum Gasteiger partial charge on any atom is 0.264 e. The molecule has 25 heavy (non-hydrogen) atoms. The van der Waals surface area contributed by atoms with E-state index in [-0.39, 0.29) is 10.8 Å². The summed E-state index contributed by atoms with van der Waals surface area (Å²) < 4.78 is 24.9. The zero-order chi connectivity index (χ0) is 18.4. The Hall–Kier alpha value is -1.93. The van der Waals surface area contributed by atoms with Crippen LogP contribution >= 0.6 is 11.6 Å². The summed E-state index contributed by atoms with van der Waals surface area (Å²) in [5.41, 5.74) is 1.55. The number of sulfonamides is 1. The Morgan fingerprint density at radius 1 is 1.12 bits per heavy atom. The van der Waals surface area contributed by atoms with E-state index in [1.807, 2.05) is 12.1 Å². The standard InChI is InChI=1S/C17H19ClN2O4S/c1-20(24-2)25(22,23)16-10-8-15(9-11-16)19-17(21)12-5-13-3-6-14(18)7-4-13/h3-4,6-11H,5,12H2,1-2H3,(H,19,21). The lowest BCUT2D eigenvalue weighted by Gasteiger charge is -2.14. The fourth-order valence-electron chi connectivity index (χ4n) is 2.09. The molecule has 0 radical (unpaired) electrons. The Morgan fingerprint density at radius 2 is 1.72 bits per heavy atom. The molecular formula is C17H19ClN2O4S. The van der Waals surface area contributed by atoms with Gasteiger partial charge in [-0.15, -0.1) is 0 Å². The fraction of sp³-hybridized carbons (Fsp3) is 0.235. The lowest BCUT2D eigenvalue weighted by molar-refractivity contribution is -0.116. The number of hydroxylamine groups is 1. The van der Waals surface area contributed by atoms with Gasteiger partial charge in [0.2, 0.25) is 5.91 Å². The van der Waals surface area contributed by atoms with Crippen LogP contribution in [-0.4, -0.2) is 33.0 Å². The molecule has 0 aliphatic heterocycles. The number of carbonyl (C=O) groups is 1. The van der Waals surface area contributed by atoms with Crippen molar-refractivity contribution in [1.82, 2.24) is 4.47 Å². The van der Waals surface area contributed by atoms with E-state index in [2.05, 4.69) is 5.32 Å². The first kappa shape index (κ1) is 19.4. The molecule has 0 spiro atoms. The number of anilines is 1. The van der Waals surface area contributed by atoms with Gasteiger partial charge in [0.25, 0.3) is 10.0 Å². The largest absolute Gasteiger partial charge is 0.326 e. The molecule has 2 aromatic carbocycles. The van der Waals surface area contributed by atoms with Crippen LogP contribution in [0.4, 0.5) is 5.69 Å². The van der Waals surface area contributed by atoms with Crippen molar-refractivity contribution in [2.45, 2.75) is 17.7 Å². The van der Waals surface area contributed by atoms with Gasteiger partial charge in [0, 0.05) is 24.2 Å². The SMILES string of the molecule is CON(C)S(=O)(=O)c1ccc(NC(=O)CCc2ccc(Cl)cc2)cc1. The fourth-order valence-corrected chi connectivity index (χ4v) is 3.19. The molecule has 2 aromatic rings. The number of carbonyl (C=O) groups excluding carboxylic acids is 1. The number of halogens is 1. The van der Waals surface area contributed by atoms with Crippen LogP contribution in [0.25, 0.3) is 0 Å². The summed E-state index contributed by atoms with van der Waals surface area (Å²) in [5, 5.41) is 3.40. The number of hydrogen-bond donors (Lipinski definition) is 1. The summed E-state index contributed by atoms with van der Waals surface area (Å²) in [4.78, 5) is 16.8. The lowest BCUT2D eigenvalue weighted by atomic mass is 10.1. The van der Waals surface area contributed by atoms with Crippen molar-refractivity contribution < 1.29 is 18.0 Å². The van der Waals surface area contributed by atoms with Crippen LogP contribution < -0.4 is 5.32 Å². The topological polar surface area (TPSA) is 75.7 Å². The van der Waals surface area contributed by atoms with E-state index in [1.165, 1.54) is 38.4 Å². The Kier molecular flexibility index (Phi) is 6.55. The van der Waals surface area contributed by atoms with E-state index < -0.39 is 10.0 Å². The number of nitrogens with one attached hydrogen (secondary N) is 1. The molecule has 0 unspecified atom stereocenters. The van der Waals surface area contributed by atoms with Crippen LogP contribution in [0.15, 0.2) is 53.4 Å². The van der Waals surface area contributed by atoms with Crippen LogP contribution in [0, 0.1) is 0 Å². The van der Waals surface area contributed by atoms with Crippen molar-refractivity contribution in [1.29, 1.82) is 0 Å². The highest BCUT2D eigenvalue weighted by Gasteiger charge is 2.20. The van der Waals surface area contributed by atoms with Crippen LogP contribution in [0.3, 0.4) is 0 Å². The molecule has 0 bridgehead atoms. The van der Waals surface area contributed by atoms with Crippen LogP contribution in [-0.2, 0) is 26.1 Å². The first-order chi connectivity index (χ1) is 11.8. The summed E-state index contributed by atoms with van der Waals surface area (Å²) in [5.74, 6) is -0.153. The summed E-state index contributed by atoms with van der Waals surface area (Å²) >= 11 is 5.82. The third-order valence-electron chi connectivity index (χ3n) is 3.59. The second kappa shape index (κ2) is 8.44. The lowest BCUT2D eigenvalue weighted by Crippen LogP contribution is -2.25. The minimum Gasteiger partial charge on any atom is -0.326 e. The predicted octanol–water partition coefficient (Wildman–Crippen LogP) is 3.09. The van der Waals surface area contributed by atoms with E-state index in [0.717, 1.165) is 10.0 Å². The van der Waals surface area contributed by atoms with Crippen LogP contribution in [0.2, 0.25) is 5.02 Å². The second-order valence-electron chi connectivity index (χ2n) is 5.30. The molecule has 1 amide bonds. The molecule has 0 saturated carbocycles. The molecule has 6 nitrogen and oxygen atoms in total. The summed E-state index contributed by atoms with van der Waals surface area (Å²) in [6.45, 7) is 0. The quantitative estimate of drug-likeness (QED) is 0.746. The number of amides is 1. The van der Waals surface area contributed by atoms with Gasteiger partial charge in [0.1, 0.15) is 0 Å². The van der Waals surface area contributed by atoms with Crippen molar-refractivity contribution in [3.8, 4) is 0 Å². The molecule has 0 aliphatic carbocycles. The average molecular weight is 383 g/mol. The Bertz CT molecular complexity index is 821. The number of aryl methyl sites for hydroxylation is 1. The molecular weight excluding hydrogens is 364 g/mol. The molecule has 8 heteroatoms. The molecule has 0 fully saturated rings. The predicted molar refractivity (Wildman–Crippen MR) is 96.8 cm³/mol. The zero-order valence-corrected chi connectivity index (χ0v) is 15.5. The smallest absolute Gasteiger partial charge is 0.264 e. The highest BCUT2D eigenvalue weighted by atomic mass is 35.5. The van der Waals surface area contributed by atoms with Gasteiger partial charge in [-0.1, -0.05) is 28.2 Å². The highest BCUT2D eigenvalue weighted by Crippen LogP contribution is 2.18. The monoisotopic (exact) mass is 382 g/mol. The molecule has 0 aromatic heterocycles. The number of nitrogens with zero attached hydrogens (tertiary/aromatic N) is 1. The van der Waals surface area contributed by atoms with Gasteiger partial charge in [-0.2, -0.15) is 0 Å². The Labute approximate surface area is 152 Å². The van der Waals surface area contributed by atoms with E-state index in [1.54, 1.807) is 12.1 Å². The number of hydrogen-bond acceptors (Lipinski definition) is 4. The highest BCUT2D eigenvalue weighted by molar-refractivity contribution is 7.89. The van der Waals surface area contributed by atoms with Crippen LogP contribution in [0.5, 0.6) is 0 Å². The summed E-state index contributed by atoms with van der Waals surface area (Å²) in [6.07, 6.45) is 0.905. The second-order valence-corrected chi connectivity index (χ2v) is 7.67. The molecule has 134 valence electrons. The third kappa shape index (κ3) is 5.27. The molecule has 1 N–H and O–H groups in total. The summed E-state index contributed by atoms with van der Waals surface area (Å²) in [6, 6.07) is 13.2. The van der Waals surface area contributed by atoms with Crippen LogP contribution in [0.1, 0.15) is 12.0 Å². The van der Waals surface area contributed by atoms with Gasteiger partial charge in [-0.25, -0.2) is 8.42 Å². The molecule has 0 atom stereocenters. The van der Waals surface area contributed by atoms with Gasteiger partial charge in [-0.3, -0.25) is 9.63 Å². The van der Waals surface area contributed by atoms with E-state index >= 15 is 0 Å². The van der Waals surface area contributed by atoms with E-state index in [4.69, 9.17) is 16.4 Å². The molecule has 0 aliphatic rings. The van der Waals surface area contributed by atoms with E-state index in [0.29, 0.717) is 23.6 Å². The van der Waals surface area contributed by atoms with Crippen molar-refractivity contribution >= 4 is 33.2 Å². The van der Waals surface area contributed by atoms with E-state index in [9.17, 15) is 13.2 Å². The van der Waals surface area contributed by atoms with Gasteiger partial charge in [0.15, 0.2) is 0 Å². The minimum absolute atomic E-state index is 0.0796. The number of benzene rings is 2. The van der Waals surface area contributed by atoms with Gasteiger partial charge >= 0.3 is 0 Å². The average Bonchev–Trinajstić information content (AvgIpc) is 2.61. The van der Waals surface area contributed by atoms with Gasteiger partial charge in [-0.05, 0) is 48.4 Å². The molecule has 0 heterocycles. The maximum absolute atomic E-state index is 12.1. The molecule has 0 saturated heterocycles. The van der Waals surface area contributed by atoms with Crippen molar-refractivity contribution in [3.63, 3.8) is 0 Å². The first-order valence-corrected chi connectivity index (χ1v) is 9.32. The summed E-state index contributed by atoms with van der Waals surface area (Å²) in [7, 11) is -1.12. The number of rotatable bonds is 7. The van der Waals surface area contributed by atoms with Crippen molar-refractivity contribution in [2.75, 3.05) is 19.5 Å². The van der Waals surface area contributed by atoms with Crippen molar-refractivity contribution in [3.05, 3.63) is 59.1 Å². The third-order valence-corrected chi connectivity index (χ3v) is 5.53. The maximum atomic E-state index is 12.1. The molecule has 2 rings (SSSR count). The zero-order valence-electron chi connectivity index (χ0n) is 13.9. The van der Waals surface area contributed by atoms with Gasteiger partial charge < -0.3 is 5.32 Å². The van der Waals surface area contributed by atoms with Crippen molar-refractivity contribution in [2.24, 2.45) is 0 Å². The minimum atomic E-state index is -3.70. The first-order valence-electron chi connectivity index (χ1n) is 7.50. The Balaban J connectivity index is 1.94. The normalized spacial score (nSPS) is 11.5. The van der Waals surface area contributed by atoms with Gasteiger partial charge in [0.05, 0.1) is 12.0 Å².